The Hall–Kier alpha value is -3.02. The lowest BCUT2D eigenvalue weighted by atomic mass is 10.0. The number of carbonyl (C=O) groups is 2. The largest absolute Gasteiger partial charge is 0.484 e. The highest BCUT2D eigenvalue weighted by Crippen LogP contribution is 2.24. The van der Waals surface area contributed by atoms with Crippen LogP contribution in [0.25, 0.3) is 0 Å². The van der Waals surface area contributed by atoms with Crippen LogP contribution < -0.4 is 10.1 Å². The third kappa shape index (κ3) is 8.30. The van der Waals surface area contributed by atoms with E-state index in [9.17, 15) is 9.59 Å². The summed E-state index contributed by atoms with van der Waals surface area (Å²) in [6.45, 7) is 5.63. The Morgan fingerprint density at radius 1 is 0.943 bits per heavy atom. The molecule has 0 bridgehead atoms. The molecule has 2 amide bonds. The van der Waals surface area contributed by atoms with Crippen molar-refractivity contribution >= 4 is 35.0 Å². The summed E-state index contributed by atoms with van der Waals surface area (Å²) in [6.07, 6.45) is 0.338. The minimum absolute atomic E-state index is 0.127. The molecule has 0 heterocycles. The highest BCUT2D eigenvalue weighted by Gasteiger charge is 2.32. The fourth-order valence-corrected chi connectivity index (χ4v) is 4.05. The van der Waals surface area contributed by atoms with Crippen molar-refractivity contribution in [3.63, 3.8) is 0 Å². The minimum Gasteiger partial charge on any atom is -0.484 e. The number of hydrogen-bond acceptors (Lipinski definition) is 3. The monoisotopic (exact) mass is 512 g/mol. The number of carbonyl (C=O) groups excluding carboxylic acids is 2. The van der Waals surface area contributed by atoms with Gasteiger partial charge in [-0.2, -0.15) is 0 Å². The van der Waals surface area contributed by atoms with E-state index in [4.69, 9.17) is 27.9 Å². The Morgan fingerprint density at radius 2 is 1.57 bits per heavy atom. The van der Waals surface area contributed by atoms with Gasteiger partial charge in [0.15, 0.2) is 6.61 Å². The number of ether oxygens (including phenoxy) is 1. The molecule has 7 heteroatoms. The quantitative estimate of drug-likeness (QED) is 0.386. The first-order valence-corrected chi connectivity index (χ1v) is 12.1. The second-order valence-electron chi connectivity index (χ2n) is 9.30. The van der Waals surface area contributed by atoms with Gasteiger partial charge in [0.1, 0.15) is 11.8 Å². The molecule has 0 aliphatic carbocycles. The number of amides is 2. The van der Waals surface area contributed by atoms with E-state index in [1.807, 2.05) is 69.3 Å². The van der Waals surface area contributed by atoms with Crippen LogP contribution in [0.4, 0.5) is 0 Å². The van der Waals surface area contributed by atoms with Crippen LogP contribution in [0.5, 0.6) is 5.75 Å². The van der Waals surface area contributed by atoms with Crippen molar-refractivity contribution in [2.24, 2.45) is 0 Å². The number of para-hydroxylation sites is 1. The first kappa shape index (κ1) is 26.6. The van der Waals surface area contributed by atoms with Crippen molar-refractivity contribution in [3.05, 3.63) is 100 Å². The highest BCUT2D eigenvalue weighted by molar-refractivity contribution is 6.35. The zero-order valence-corrected chi connectivity index (χ0v) is 21.6. The van der Waals surface area contributed by atoms with Gasteiger partial charge >= 0.3 is 0 Å². The SMILES string of the molecule is CC(C)(C)NC(=O)[C@@H](Cc1ccccc1)N(Cc1ccc(Cl)cc1Cl)C(=O)COc1ccccc1. The van der Waals surface area contributed by atoms with Crippen molar-refractivity contribution in [1.82, 2.24) is 10.2 Å². The van der Waals surface area contributed by atoms with E-state index in [2.05, 4.69) is 5.32 Å². The molecule has 0 radical (unpaired) electrons. The topological polar surface area (TPSA) is 58.6 Å². The lowest BCUT2D eigenvalue weighted by molar-refractivity contribution is -0.143. The average Bonchev–Trinajstić information content (AvgIpc) is 2.81. The fourth-order valence-electron chi connectivity index (χ4n) is 3.59. The summed E-state index contributed by atoms with van der Waals surface area (Å²) >= 11 is 12.5. The van der Waals surface area contributed by atoms with E-state index >= 15 is 0 Å². The van der Waals surface area contributed by atoms with Gasteiger partial charge in [0, 0.05) is 28.5 Å². The molecular weight excluding hydrogens is 483 g/mol. The molecule has 184 valence electrons. The summed E-state index contributed by atoms with van der Waals surface area (Å²) in [5.74, 6) is -0.00608. The molecular formula is C28H30Cl2N2O3. The number of nitrogens with zero attached hydrogens (tertiary/aromatic N) is 1. The Morgan fingerprint density at radius 3 is 2.17 bits per heavy atom. The highest BCUT2D eigenvalue weighted by atomic mass is 35.5. The predicted molar refractivity (Wildman–Crippen MR) is 141 cm³/mol. The van der Waals surface area contributed by atoms with Crippen LogP contribution in [0, 0.1) is 0 Å². The molecule has 0 unspecified atom stereocenters. The molecule has 35 heavy (non-hydrogen) atoms. The third-order valence-electron chi connectivity index (χ3n) is 5.23. The summed E-state index contributed by atoms with van der Waals surface area (Å²) in [4.78, 5) is 28.6. The van der Waals surface area contributed by atoms with Crippen LogP contribution in [0.2, 0.25) is 10.0 Å². The first-order valence-electron chi connectivity index (χ1n) is 11.4. The van der Waals surface area contributed by atoms with Gasteiger partial charge in [0.05, 0.1) is 0 Å². The standard InChI is InChI=1S/C28H30Cl2N2O3/c1-28(2,3)31-27(34)25(16-20-10-6-4-7-11-20)32(18-21-14-15-22(29)17-24(21)30)26(33)19-35-23-12-8-5-9-13-23/h4-15,17,25H,16,18-19H2,1-3H3,(H,31,34)/t25-/m1/s1. The maximum absolute atomic E-state index is 13.6. The van der Waals surface area contributed by atoms with Crippen molar-refractivity contribution < 1.29 is 14.3 Å². The number of hydrogen-bond donors (Lipinski definition) is 1. The Labute approximate surface area is 217 Å². The minimum atomic E-state index is -0.782. The van der Waals surface area contributed by atoms with Gasteiger partial charge < -0.3 is 15.0 Å². The van der Waals surface area contributed by atoms with Crippen molar-refractivity contribution in [2.45, 2.75) is 45.3 Å². The number of halogens is 2. The maximum Gasteiger partial charge on any atom is 0.261 e. The van der Waals surface area contributed by atoms with E-state index in [-0.39, 0.29) is 25.0 Å². The number of nitrogens with one attached hydrogen (secondary N) is 1. The zero-order chi connectivity index (χ0) is 25.4. The maximum atomic E-state index is 13.6. The van der Waals surface area contributed by atoms with Gasteiger partial charge in [-0.25, -0.2) is 0 Å². The molecule has 0 aromatic heterocycles. The van der Waals surface area contributed by atoms with Gasteiger partial charge in [-0.1, -0.05) is 77.8 Å². The molecule has 5 nitrogen and oxygen atoms in total. The summed E-state index contributed by atoms with van der Waals surface area (Å²) in [5, 5.41) is 3.95. The fraction of sp³-hybridized carbons (Fsp3) is 0.286. The van der Waals surface area contributed by atoms with Gasteiger partial charge in [-0.15, -0.1) is 0 Å². The normalized spacial score (nSPS) is 12.0. The van der Waals surface area contributed by atoms with Crippen LogP contribution >= 0.6 is 23.2 Å². The second-order valence-corrected chi connectivity index (χ2v) is 10.1. The van der Waals surface area contributed by atoms with E-state index in [0.717, 1.165) is 5.56 Å². The predicted octanol–water partition coefficient (Wildman–Crippen LogP) is 5.93. The smallest absolute Gasteiger partial charge is 0.261 e. The van der Waals surface area contributed by atoms with Crippen LogP contribution in [-0.2, 0) is 22.6 Å². The first-order chi connectivity index (χ1) is 16.6. The Kier molecular flexibility index (Phi) is 9.19. The van der Waals surface area contributed by atoms with Crippen LogP contribution in [0.1, 0.15) is 31.9 Å². The second kappa shape index (κ2) is 12.1. The summed E-state index contributed by atoms with van der Waals surface area (Å²) in [5.41, 5.74) is 1.15. The van der Waals surface area contributed by atoms with Gasteiger partial charge in [-0.05, 0) is 56.2 Å². The molecule has 0 aliphatic rings. The van der Waals surface area contributed by atoms with E-state index in [0.29, 0.717) is 27.8 Å². The van der Waals surface area contributed by atoms with Crippen LogP contribution in [0.3, 0.4) is 0 Å². The van der Waals surface area contributed by atoms with Crippen molar-refractivity contribution in [2.75, 3.05) is 6.61 Å². The van der Waals surface area contributed by atoms with Gasteiger partial charge in [0.25, 0.3) is 5.91 Å². The Balaban J connectivity index is 1.95. The molecule has 1 N–H and O–H groups in total. The molecule has 3 rings (SSSR count). The molecule has 0 spiro atoms. The summed E-state index contributed by atoms with van der Waals surface area (Å²) in [7, 11) is 0. The molecule has 0 aliphatic heterocycles. The number of rotatable bonds is 9. The van der Waals surface area contributed by atoms with Crippen LogP contribution in [-0.4, -0.2) is 34.9 Å². The van der Waals surface area contributed by atoms with E-state index < -0.39 is 11.6 Å². The number of benzene rings is 3. The molecule has 0 saturated carbocycles. The van der Waals surface area contributed by atoms with Crippen molar-refractivity contribution in [1.29, 1.82) is 0 Å². The lowest BCUT2D eigenvalue weighted by Gasteiger charge is -2.34. The van der Waals surface area contributed by atoms with Crippen molar-refractivity contribution in [3.8, 4) is 5.75 Å². The summed E-state index contributed by atoms with van der Waals surface area (Å²) < 4.78 is 5.74. The molecule has 3 aromatic carbocycles. The molecule has 0 fully saturated rings. The average molecular weight is 513 g/mol. The third-order valence-corrected chi connectivity index (χ3v) is 5.82. The molecule has 0 saturated heterocycles. The summed E-state index contributed by atoms with van der Waals surface area (Å²) in [6, 6.07) is 23.0. The van der Waals surface area contributed by atoms with Gasteiger partial charge in [-0.3, -0.25) is 9.59 Å². The van der Waals surface area contributed by atoms with Gasteiger partial charge in [0.2, 0.25) is 5.91 Å². The Bertz CT molecular complexity index is 1130. The van der Waals surface area contributed by atoms with E-state index in [1.54, 1.807) is 30.3 Å². The van der Waals surface area contributed by atoms with E-state index in [1.165, 1.54) is 4.90 Å². The van der Waals surface area contributed by atoms with Crippen LogP contribution in [0.15, 0.2) is 78.9 Å². The zero-order valence-electron chi connectivity index (χ0n) is 20.1. The molecule has 3 aromatic rings. The molecule has 1 atom stereocenters. The lowest BCUT2D eigenvalue weighted by Crippen LogP contribution is -2.55.